The summed E-state index contributed by atoms with van der Waals surface area (Å²) in [5.74, 6) is -0.339. The quantitative estimate of drug-likeness (QED) is 0.557. The van der Waals surface area contributed by atoms with E-state index in [9.17, 15) is 9.90 Å². The Morgan fingerprint density at radius 2 is 2.23 bits per heavy atom. The maximum Gasteiger partial charge on any atom is 0.257 e. The van der Waals surface area contributed by atoms with E-state index < -0.39 is 0 Å². The van der Waals surface area contributed by atoms with Crippen molar-refractivity contribution in [2.45, 2.75) is 13.5 Å². The molecule has 0 unspecified atom stereocenters. The van der Waals surface area contributed by atoms with Crippen LogP contribution in [0.5, 0.6) is 5.75 Å². The monoisotopic (exact) mass is 296 g/mol. The van der Waals surface area contributed by atoms with E-state index in [2.05, 4.69) is 15.3 Å². The molecule has 22 heavy (non-hydrogen) atoms. The third-order valence-corrected chi connectivity index (χ3v) is 3.55. The van der Waals surface area contributed by atoms with E-state index in [0.29, 0.717) is 17.8 Å². The van der Waals surface area contributed by atoms with Gasteiger partial charge in [0.05, 0.1) is 11.3 Å². The Bertz CT molecular complexity index is 854. The van der Waals surface area contributed by atoms with Gasteiger partial charge in [0, 0.05) is 24.3 Å². The number of amides is 1. The van der Waals surface area contributed by atoms with Gasteiger partial charge in [-0.15, -0.1) is 0 Å². The fraction of sp³-hybridized carbons (Fsp3) is 0.125. The van der Waals surface area contributed by atoms with Crippen LogP contribution in [0, 0.1) is 6.92 Å². The smallest absolute Gasteiger partial charge is 0.257 e. The second-order valence-corrected chi connectivity index (χ2v) is 5.10. The van der Waals surface area contributed by atoms with Gasteiger partial charge in [-0.3, -0.25) is 4.79 Å². The first-order valence-electron chi connectivity index (χ1n) is 6.85. The third kappa shape index (κ3) is 2.51. The molecule has 5 N–H and O–H groups in total. The summed E-state index contributed by atoms with van der Waals surface area (Å²) in [6.07, 6.45) is 3.34. The summed E-state index contributed by atoms with van der Waals surface area (Å²) in [4.78, 5) is 19.6. The van der Waals surface area contributed by atoms with Crippen molar-refractivity contribution in [2.75, 3.05) is 5.32 Å². The number of aromatic hydroxyl groups is 1. The van der Waals surface area contributed by atoms with Crippen LogP contribution < -0.4 is 11.1 Å². The highest BCUT2D eigenvalue weighted by molar-refractivity contribution is 6.06. The number of rotatable bonds is 3. The number of carbonyl (C=O) groups excluding carboxylic acids is 1. The first-order valence-corrected chi connectivity index (χ1v) is 6.85. The van der Waals surface area contributed by atoms with Crippen molar-refractivity contribution in [1.82, 2.24) is 9.97 Å². The molecule has 2 aromatic heterocycles. The van der Waals surface area contributed by atoms with Crippen molar-refractivity contribution in [2.24, 2.45) is 5.73 Å². The van der Waals surface area contributed by atoms with Crippen LogP contribution in [0.15, 0.2) is 36.7 Å². The standard InChI is InChI=1S/C16H16N4O2/c1-9-7-18-15-12(9)5-11(8-19-15)16(22)20-13-3-2-10(6-17)4-14(13)21/h2-5,7-8,21H,6,17H2,1H3,(H,18,19)(H,20,22). The van der Waals surface area contributed by atoms with Gasteiger partial charge in [0.15, 0.2) is 0 Å². The van der Waals surface area contributed by atoms with Gasteiger partial charge in [0.1, 0.15) is 11.4 Å². The summed E-state index contributed by atoms with van der Waals surface area (Å²) in [5, 5.41) is 13.5. The first kappa shape index (κ1) is 14.1. The van der Waals surface area contributed by atoms with Crippen LogP contribution in [0.2, 0.25) is 0 Å². The fourth-order valence-electron chi connectivity index (χ4n) is 2.26. The Morgan fingerprint density at radius 1 is 1.41 bits per heavy atom. The second-order valence-electron chi connectivity index (χ2n) is 5.10. The van der Waals surface area contributed by atoms with Crippen LogP contribution in [0.25, 0.3) is 11.0 Å². The number of aryl methyl sites for hydroxylation is 1. The van der Waals surface area contributed by atoms with Gasteiger partial charge in [-0.25, -0.2) is 4.98 Å². The van der Waals surface area contributed by atoms with Gasteiger partial charge in [0.25, 0.3) is 5.91 Å². The summed E-state index contributed by atoms with van der Waals surface area (Å²) in [7, 11) is 0. The minimum atomic E-state index is -0.328. The number of nitrogens with one attached hydrogen (secondary N) is 2. The van der Waals surface area contributed by atoms with Gasteiger partial charge in [-0.05, 0) is 36.2 Å². The first-order chi connectivity index (χ1) is 10.6. The SMILES string of the molecule is Cc1c[nH]c2ncc(C(=O)Nc3ccc(CN)cc3O)cc12. The molecular formula is C16H16N4O2. The number of hydrogen-bond donors (Lipinski definition) is 4. The van der Waals surface area contributed by atoms with E-state index >= 15 is 0 Å². The molecule has 1 amide bonds. The van der Waals surface area contributed by atoms with Crippen LogP contribution in [-0.2, 0) is 6.54 Å². The average Bonchev–Trinajstić information content (AvgIpc) is 2.90. The number of carbonyl (C=O) groups is 1. The Labute approximate surface area is 127 Å². The molecule has 3 rings (SSSR count). The molecule has 0 radical (unpaired) electrons. The number of fused-ring (bicyclic) bond motifs is 1. The highest BCUT2D eigenvalue weighted by Gasteiger charge is 2.12. The summed E-state index contributed by atoms with van der Waals surface area (Å²) >= 11 is 0. The molecule has 6 heteroatoms. The van der Waals surface area contributed by atoms with Crippen LogP contribution >= 0.6 is 0 Å². The number of hydrogen-bond acceptors (Lipinski definition) is 4. The number of nitrogens with zero attached hydrogens (tertiary/aromatic N) is 1. The lowest BCUT2D eigenvalue weighted by Crippen LogP contribution is -2.12. The molecule has 0 aliphatic heterocycles. The maximum atomic E-state index is 12.3. The third-order valence-electron chi connectivity index (χ3n) is 3.55. The van der Waals surface area contributed by atoms with Crippen molar-refractivity contribution in [3.63, 3.8) is 0 Å². The zero-order valence-electron chi connectivity index (χ0n) is 12.1. The number of benzene rings is 1. The van der Waals surface area contributed by atoms with E-state index in [1.807, 2.05) is 13.1 Å². The number of aromatic amines is 1. The molecule has 0 spiro atoms. The predicted octanol–water partition coefficient (Wildman–Crippen LogP) is 2.29. The van der Waals surface area contributed by atoms with Gasteiger partial charge < -0.3 is 21.1 Å². The van der Waals surface area contributed by atoms with Crippen molar-refractivity contribution in [3.8, 4) is 5.75 Å². The fourth-order valence-corrected chi connectivity index (χ4v) is 2.26. The number of phenols is 1. The molecule has 3 aromatic rings. The number of nitrogens with two attached hydrogens (primary N) is 1. The minimum absolute atomic E-state index is 0.0110. The van der Waals surface area contributed by atoms with E-state index in [4.69, 9.17) is 5.73 Å². The lowest BCUT2D eigenvalue weighted by molar-refractivity contribution is 0.102. The number of H-pyrrole nitrogens is 1. The van der Waals surface area contributed by atoms with Crippen molar-refractivity contribution in [3.05, 3.63) is 53.3 Å². The molecule has 0 bridgehead atoms. The van der Waals surface area contributed by atoms with E-state index in [-0.39, 0.29) is 11.7 Å². The van der Waals surface area contributed by atoms with Crippen molar-refractivity contribution >= 4 is 22.6 Å². The summed E-state index contributed by atoms with van der Waals surface area (Å²) in [6.45, 7) is 2.27. The second kappa shape index (κ2) is 5.50. The Morgan fingerprint density at radius 3 is 2.95 bits per heavy atom. The molecule has 0 saturated carbocycles. The number of anilines is 1. The van der Waals surface area contributed by atoms with E-state index in [0.717, 1.165) is 22.2 Å². The Kier molecular flexibility index (Phi) is 3.52. The molecule has 0 fully saturated rings. The molecule has 0 aliphatic carbocycles. The summed E-state index contributed by atoms with van der Waals surface area (Å²) in [5.41, 5.74) is 8.83. The maximum absolute atomic E-state index is 12.3. The molecule has 0 aliphatic rings. The zero-order chi connectivity index (χ0) is 15.7. The number of pyridine rings is 1. The predicted molar refractivity (Wildman–Crippen MR) is 84.8 cm³/mol. The molecule has 6 nitrogen and oxygen atoms in total. The molecule has 0 saturated heterocycles. The number of aromatic nitrogens is 2. The highest BCUT2D eigenvalue weighted by Crippen LogP contribution is 2.25. The lowest BCUT2D eigenvalue weighted by Gasteiger charge is -2.08. The van der Waals surface area contributed by atoms with Gasteiger partial charge in [-0.1, -0.05) is 6.07 Å². The van der Waals surface area contributed by atoms with Crippen LogP contribution in [-0.4, -0.2) is 21.0 Å². The van der Waals surface area contributed by atoms with E-state index in [1.165, 1.54) is 12.3 Å². The Hall–Kier alpha value is -2.86. The molecular weight excluding hydrogens is 280 g/mol. The van der Waals surface area contributed by atoms with Crippen LogP contribution in [0.1, 0.15) is 21.5 Å². The summed E-state index contributed by atoms with van der Waals surface area (Å²) < 4.78 is 0. The average molecular weight is 296 g/mol. The summed E-state index contributed by atoms with van der Waals surface area (Å²) in [6, 6.07) is 6.69. The normalized spacial score (nSPS) is 10.8. The molecule has 0 atom stereocenters. The zero-order valence-corrected chi connectivity index (χ0v) is 12.1. The van der Waals surface area contributed by atoms with Crippen LogP contribution in [0.4, 0.5) is 5.69 Å². The largest absolute Gasteiger partial charge is 0.506 e. The van der Waals surface area contributed by atoms with Crippen molar-refractivity contribution < 1.29 is 9.90 Å². The highest BCUT2D eigenvalue weighted by atomic mass is 16.3. The van der Waals surface area contributed by atoms with Gasteiger partial charge in [0.2, 0.25) is 0 Å². The van der Waals surface area contributed by atoms with Gasteiger partial charge in [-0.2, -0.15) is 0 Å². The number of phenolic OH excluding ortho intramolecular Hbond substituents is 1. The topological polar surface area (TPSA) is 104 Å². The molecule has 112 valence electrons. The van der Waals surface area contributed by atoms with Gasteiger partial charge >= 0.3 is 0 Å². The Balaban J connectivity index is 1.88. The van der Waals surface area contributed by atoms with Crippen molar-refractivity contribution in [1.29, 1.82) is 0 Å². The lowest BCUT2D eigenvalue weighted by atomic mass is 10.1. The van der Waals surface area contributed by atoms with E-state index in [1.54, 1.807) is 18.2 Å². The van der Waals surface area contributed by atoms with Crippen LogP contribution in [0.3, 0.4) is 0 Å². The molecule has 2 heterocycles. The minimum Gasteiger partial charge on any atom is -0.506 e. The molecule has 1 aromatic carbocycles.